The highest BCUT2D eigenvalue weighted by molar-refractivity contribution is 6.34. The van der Waals surface area contributed by atoms with Crippen molar-refractivity contribution >= 4 is 71.2 Å². The highest BCUT2D eigenvalue weighted by Gasteiger charge is 2.20. The summed E-state index contributed by atoms with van der Waals surface area (Å²) in [5.74, 6) is 0. The first kappa shape index (κ1) is 34.1. The lowest BCUT2D eigenvalue weighted by Crippen LogP contribution is -2.10. The quantitative estimate of drug-likeness (QED) is 0.147. The van der Waals surface area contributed by atoms with E-state index in [2.05, 4.69) is 240 Å². The van der Waals surface area contributed by atoms with Crippen LogP contribution in [-0.2, 0) is 0 Å². The minimum atomic E-state index is 1.10. The van der Waals surface area contributed by atoms with E-state index in [1.807, 2.05) is 0 Å². The van der Waals surface area contributed by atoms with E-state index in [0.717, 1.165) is 17.1 Å². The zero-order valence-electron chi connectivity index (χ0n) is 32.8. The number of hydrogen-bond donors (Lipinski definition) is 0. The molecular formula is C58H38N2. The molecule has 0 N–H and O–H groups in total. The number of nitrogens with zero attached hydrogens (tertiary/aromatic N) is 2. The Balaban J connectivity index is 1.02. The molecule has 0 atom stereocenters. The van der Waals surface area contributed by atoms with Crippen LogP contribution in [0.3, 0.4) is 0 Å². The molecule has 1 aromatic heterocycles. The van der Waals surface area contributed by atoms with Crippen LogP contribution in [0.5, 0.6) is 0 Å². The Morgan fingerprint density at radius 2 is 0.833 bits per heavy atom. The summed E-state index contributed by atoms with van der Waals surface area (Å²) in [5.41, 5.74) is 14.1. The Kier molecular flexibility index (Phi) is 7.89. The summed E-state index contributed by atoms with van der Waals surface area (Å²) in [6, 6.07) is 84.1. The summed E-state index contributed by atoms with van der Waals surface area (Å²) in [6.07, 6.45) is 0. The van der Waals surface area contributed by atoms with E-state index < -0.39 is 0 Å². The number of aromatic nitrogens is 1. The maximum Gasteiger partial charge on any atom is 0.0553 e. The van der Waals surface area contributed by atoms with E-state index in [-0.39, 0.29) is 0 Å². The van der Waals surface area contributed by atoms with Gasteiger partial charge in [0, 0.05) is 33.5 Å². The van der Waals surface area contributed by atoms with Gasteiger partial charge in [-0.1, -0.05) is 164 Å². The van der Waals surface area contributed by atoms with E-state index >= 15 is 0 Å². The number of benzene rings is 11. The lowest BCUT2D eigenvalue weighted by atomic mass is 9.88. The Labute approximate surface area is 348 Å². The molecular weight excluding hydrogens is 725 g/mol. The van der Waals surface area contributed by atoms with Crippen molar-refractivity contribution < 1.29 is 0 Å². The fourth-order valence-electron chi connectivity index (χ4n) is 9.59. The molecule has 60 heavy (non-hydrogen) atoms. The molecule has 12 rings (SSSR count). The molecule has 0 bridgehead atoms. The van der Waals surface area contributed by atoms with Crippen molar-refractivity contribution in [2.45, 2.75) is 0 Å². The number of fused-ring (bicyclic) bond motifs is 4. The number of rotatable bonds is 7. The highest BCUT2D eigenvalue weighted by Crippen LogP contribution is 2.46. The summed E-state index contributed by atoms with van der Waals surface area (Å²) >= 11 is 0. The second-order valence-electron chi connectivity index (χ2n) is 15.7. The van der Waals surface area contributed by atoms with Crippen LogP contribution >= 0.6 is 0 Å². The first-order valence-electron chi connectivity index (χ1n) is 20.7. The summed E-state index contributed by atoms with van der Waals surface area (Å²) in [6.45, 7) is 0. The average molecular weight is 763 g/mol. The molecule has 0 saturated carbocycles. The fourth-order valence-corrected chi connectivity index (χ4v) is 9.59. The summed E-state index contributed by atoms with van der Waals surface area (Å²) in [4.78, 5) is 2.38. The van der Waals surface area contributed by atoms with E-state index in [4.69, 9.17) is 0 Å². The topological polar surface area (TPSA) is 8.17 Å². The first-order chi connectivity index (χ1) is 29.8. The van der Waals surface area contributed by atoms with Gasteiger partial charge in [-0.3, -0.25) is 0 Å². The minimum absolute atomic E-state index is 1.10. The Hall–Kier alpha value is -7.94. The van der Waals surface area contributed by atoms with Gasteiger partial charge in [-0.2, -0.15) is 0 Å². The zero-order chi connectivity index (χ0) is 39.6. The molecule has 0 saturated heterocycles. The van der Waals surface area contributed by atoms with Gasteiger partial charge in [0.25, 0.3) is 0 Å². The Morgan fingerprint density at radius 1 is 0.283 bits per heavy atom. The lowest BCUT2D eigenvalue weighted by molar-refractivity contribution is 1.18. The van der Waals surface area contributed by atoms with Crippen LogP contribution < -0.4 is 4.90 Å². The van der Waals surface area contributed by atoms with Gasteiger partial charge in [-0.15, -0.1) is 0 Å². The highest BCUT2D eigenvalue weighted by atomic mass is 15.1. The van der Waals surface area contributed by atoms with Crippen molar-refractivity contribution in [1.82, 2.24) is 4.57 Å². The second kappa shape index (κ2) is 13.9. The largest absolute Gasteiger partial charge is 0.310 e. The van der Waals surface area contributed by atoms with Gasteiger partial charge in [-0.05, 0) is 132 Å². The molecule has 0 aliphatic rings. The smallest absolute Gasteiger partial charge is 0.0553 e. The van der Waals surface area contributed by atoms with Crippen molar-refractivity contribution in [3.63, 3.8) is 0 Å². The van der Waals surface area contributed by atoms with Crippen LogP contribution in [-0.4, -0.2) is 4.57 Å². The third-order valence-corrected chi connectivity index (χ3v) is 12.3. The first-order valence-corrected chi connectivity index (χ1v) is 20.7. The van der Waals surface area contributed by atoms with Crippen LogP contribution in [0.25, 0.3) is 93.2 Å². The molecule has 12 aromatic rings. The summed E-state index contributed by atoms with van der Waals surface area (Å²) in [5, 5.41) is 10.3. The van der Waals surface area contributed by atoms with Gasteiger partial charge in [0.05, 0.1) is 11.0 Å². The van der Waals surface area contributed by atoms with Crippen LogP contribution in [0.4, 0.5) is 17.1 Å². The molecule has 0 aliphatic heterocycles. The van der Waals surface area contributed by atoms with E-state index in [1.54, 1.807) is 0 Å². The van der Waals surface area contributed by atoms with Crippen LogP contribution in [0.1, 0.15) is 0 Å². The Bertz CT molecular complexity index is 3440. The van der Waals surface area contributed by atoms with Gasteiger partial charge < -0.3 is 9.47 Å². The third-order valence-electron chi connectivity index (χ3n) is 12.3. The summed E-state index contributed by atoms with van der Waals surface area (Å²) < 4.78 is 2.42. The molecule has 0 spiro atoms. The number of hydrogen-bond acceptors (Lipinski definition) is 1. The average Bonchev–Trinajstić information content (AvgIpc) is 3.66. The number of anilines is 3. The van der Waals surface area contributed by atoms with Gasteiger partial charge in [-0.25, -0.2) is 0 Å². The van der Waals surface area contributed by atoms with Crippen LogP contribution in [0.2, 0.25) is 0 Å². The van der Waals surface area contributed by atoms with Crippen molar-refractivity contribution in [1.29, 1.82) is 0 Å². The van der Waals surface area contributed by atoms with Gasteiger partial charge >= 0.3 is 0 Å². The number of para-hydroxylation sites is 3. The van der Waals surface area contributed by atoms with Crippen LogP contribution in [0.15, 0.2) is 231 Å². The van der Waals surface area contributed by atoms with Crippen molar-refractivity contribution in [2.24, 2.45) is 0 Å². The van der Waals surface area contributed by atoms with E-state index in [0.29, 0.717) is 0 Å². The molecule has 0 radical (unpaired) electrons. The maximum atomic E-state index is 2.42. The molecule has 2 nitrogen and oxygen atoms in total. The summed E-state index contributed by atoms with van der Waals surface area (Å²) in [7, 11) is 0. The van der Waals surface area contributed by atoms with Gasteiger partial charge in [0.1, 0.15) is 0 Å². The zero-order valence-corrected chi connectivity index (χ0v) is 32.8. The molecule has 280 valence electrons. The van der Waals surface area contributed by atoms with Crippen molar-refractivity contribution in [3.8, 4) is 39.1 Å². The molecule has 0 amide bonds. The normalized spacial score (nSPS) is 11.7. The van der Waals surface area contributed by atoms with Crippen molar-refractivity contribution in [3.05, 3.63) is 231 Å². The lowest BCUT2D eigenvalue weighted by Gasteiger charge is -2.27. The molecule has 0 fully saturated rings. The SMILES string of the molecule is c1ccc(-c2cc(-c3ccccc3)cc(N(c3ccccc3)c3ccc(-c4ccc5ccc6c7c(ccc4c57)cc4c6c5ccccc5n4-c4ccccc4)cc3)c2)cc1. The monoisotopic (exact) mass is 762 g/mol. The molecule has 1 heterocycles. The molecule has 0 unspecified atom stereocenters. The predicted molar refractivity (Wildman–Crippen MR) is 255 cm³/mol. The van der Waals surface area contributed by atoms with Crippen LogP contribution in [0, 0.1) is 0 Å². The predicted octanol–water partition coefficient (Wildman–Crippen LogP) is 16.2. The molecule has 0 aliphatic carbocycles. The fraction of sp³-hybridized carbons (Fsp3) is 0. The van der Waals surface area contributed by atoms with Crippen molar-refractivity contribution in [2.75, 3.05) is 4.90 Å². The third kappa shape index (κ3) is 5.50. The molecule has 2 heteroatoms. The standard InChI is InChI=1S/C58H38N2/c1-5-15-39(16-6-1)44-35-45(40-17-7-2-8-18-40)37-49(36-44)59(46-19-9-3-10-20-46)48-30-25-41(26-31-48)50-32-27-42-28-34-53-57-43(29-33-51(50)56(42)57)38-55-58(53)52-23-13-14-24-54(52)60(55)47-21-11-4-12-22-47/h1-38H. The second-order valence-corrected chi connectivity index (χ2v) is 15.7. The maximum absolute atomic E-state index is 2.42. The minimum Gasteiger partial charge on any atom is -0.310 e. The Morgan fingerprint density at radius 3 is 1.53 bits per heavy atom. The molecule has 11 aromatic carbocycles. The van der Waals surface area contributed by atoms with E-state index in [9.17, 15) is 0 Å². The van der Waals surface area contributed by atoms with E-state index in [1.165, 1.54) is 93.2 Å². The van der Waals surface area contributed by atoms with Gasteiger partial charge in [0.15, 0.2) is 0 Å². The van der Waals surface area contributed by atoms with Gasteiger partial charge in [0.2, 0.25) is 0 Å².